The molecule has 1 unspecified atom stereocenters. The quantitative estimate of drug-likeness (QED) is 0.403. The number of benzene rings is 3. The fourth-order valence-corrected chi connectivity index (χ4v) is 4.23. The summed E-state index contributed by atoms with van der Waals surface area (Å²) >= 11 is -2.36. The summed E-state index contributed by atoms with van der Waals surface area (Å²) in [6, 6.07) is 21.4. The van der Waals surface area contributed by atoms with Crippen molar-refractivity contribution < 1.29 is 8.76 Å². The zero-order chi connectivity index (χ0) is 25.7. The normalized spacial score (nSPS) is 14.8. The number of rotatable bonds is 4. The minimum atomic E-state index is -2.36. The largest absolute Gasteiger partial charge is 0.760 e. The molecule has 36 heavy (non-hydrogen) atoms. The minimum absolute atomic E-state index is 0.615. The van der Waals surface area contributed by atoms with Gasteiger partial charge in [-0.3, -0.25) is 9.35 Å². The molecular formula is C27H31N6O2S-. The molecule has 5 rings (SSSR count). The molecule has 0 bridgehead atoms. The molecule has 8 nitrogen and oxygen atoms in total. The maximum atomic E-state index is 8.78. The summed E-state index contributed by atoms with van der Waals surface area (Å²) < 4.78 is 17.6. The zero-order valence-corrected chi connectivity index (χ0v) is 21.6. The maximum Gasteiger partial charge on any atom is 0.227 e. The Morgan fingerprint density at radius 1 is 0.972 bits per heavy atom. The summed E-state index contributed by atoms with van der Waals surface area (Å²) in [5.41, 5.74) is 8.09. The molecular weight excluding hydrogens is 472 g/mol. The van der Waals surface area contributed by atoms with Gasteiger partial charge in [-0.25, -0.2) is 9.97 Å². The summed E-state index contributed by atoms with van der Waals surface area (Å²) in [4.78, 5) is 14.3. The van der Waals surface area contributed by atoms with Crippen molar-refractivity contribution >= 4 is 39.5 Å². The zero-order valence-electron chi connectivity index (χ0n) is 20.8. The van der Waals surface area contributed by atoms with E-state index >= 15 is 0 Å². The predicted octanol–water partition coefficient (Wildman–Crippen LogP) is 4.15. The molecule has 4 aromatic rings. The third-order valence-corrected chi connectivity index (χ3v) is 6.40. The number of nitrogens with two attached hydrogens (primary N) is 1. The molecule has 2 heterocycles. The van der Waals surface area contributed by atoms with Crippen LogP contribution in [0.3, 0.4) is 0 Å². The van der Waals surface area contributed by atoms with Crippen LogP contribution in [0, 0.1) is 13.8 Å². The van der Waals surface area contributed by atoms with Gasteiger partial charge in [0, 0.05) is 66.0 Å². The molecule has 9 heteroatoms. The van der Waals surface area contributed by atoms with Gasteiger partial charge in [-0.1, -0.05) is 42.5 Å². The lowest BCUT2D eigenvalue weighted by Gasteiger charge is -2.34. The summed E-state index contributed by atoms with van der Waals surface area (Å²) in [7, 11) is 2.18. The van der Waals surface area contributed by atoms with Crippen LogP contribution in [0.25, 0.3) is 22.0 Å². The predicted molar refractivity (Wildman–Crippen MR) is 147 cm³/mol. The van der Waals surface area contributed by atoms with E-state index in [-0.39, 0.29) is 0 Å². The van der Waals surface area contributed by atoms with E-state index in [0.29, 0.717) is 5.95 Å². The number of anilines is 3. The molecule has 1 fully saturated rings. The van der Waals surface area contributed by atoms with Gasteiger partial charge in [0.25, 0.3) is 0 Å². The van der Waals surface area contributed by atoms with Crippen molar-refractivity contribution in [3.63, 3.8) is 0 Å². The second-order valence-corrected chi connectivity index (χ2v) is 9.48. The van der Waals surface area contributed by atoms with E-state index in [4.69, 9.17) is 13.7 Å². The number of nitrogens with one attached hydrogen (secondary N) is 1. The van der Waals surface area contributed by atoms with Crippen LogP contribution < -0.4 is 15.4 Å². The van der Waals surface area contributed by atoms with Crippen LogP contribution in [0.2, 0.25) is 0 Å². The first kappa shape index (κ1) is 25.7. The van der Waals surface area contributed by atoms with Gasteiger partial charge in [0.1, 0.15) is 0 Å². The second-order valence-electron chi connectivity index (χ2n) is 8.96. The van der Waals surface area contributed by atoms with Gasteiger partial charge >= 0.3 is 0 Å². The van der Waals surface area contributed by atoms with Crippen molar-refractivity contribution in [1.82, 2.24) is 14.9 Å². The third-order valence-electron chi connectivity index (χ3n) is 6.40. The lowest BCUT2D eigenvalue weighted by Crippen LogP contribution is -2.44. The Morgan fingerprint density at radius 2 is 1.69 bits per heavy atom. The smallest absolute Gasteiger partial charge is 0.227 e. The average Bonchev–Trinajstić information content (AvgIpc) is 2.86. The van der Waals surface area contributed by atoms with E-state index < -0.39 is 11.3 Å². The van der Waals surface area contributed by atoms with E-state index in [0.717, 1.165) is 48.3 Å². The van der Waals surface area contributed by atoms with Crippen molar-refractivity contribution in [2.75, 3.05) is 43.4 Å². The maximum absolute atomic E-state index is 8.78. The highest BCUT2D eigenvalue weighted by Crippen LogP contribution is 2.30. The number of likely N-dealkylation sites (N-methyl/N-ethyl adjacent to an activating group) is 1. The highest BCUT2D eigenvalue weighted by atomic mass is 32.2. The number of hydrogen-bond donors (Lipinski definition) is 2. The van der Waals surface area contributed by atoms with Crippen LogP contribution in [-0.4, -0.2) is 56.9 Å². The van der Waals surface area contributed by atoms with Crippen LogP contribution in [-0.2, 0) is 11.3 Å². The molecule has 0 spiro atoms. The molecule has 0 aliphatic carbocycles. The Labute approximate surface area is 214 Å². The highest BCUT2D eigenvalue weighted by Gasteiger charge is 2.15. The summed E-state index contributed by atoms with van der Waals surface area (Å²) in [6.07, 6.45) is 1.90. The van der Waals surface area contributed by atoms with Crippen molar-refractivity contribution in [3.8, 4) is 11.1 Å². The average molecular weight is 504 g/mol. The molecule has 0 radical (unpaired) electrons. The Hall–Kier alpha value is -3.37. The van der Waals surface area contributed by atoms with E-state index in [1.807, 2.05) is 6.20 Å². The molecule has 1 aliphatic rings. The number of piperazine rings is 1. The first-order chi connectivity index (χ1) is 17.3. The molecule has 1 aliphatic heterocycles. The van der Waals surface area contributed by atoms with E-state index in [1.54, 1.807) is 0 Å². The molecule has 3 aromatic carbocycles. The van der Waals surface area contributed by atoms with Gasteiger partial charge in [0.2, 0.25) is 5.95 Å². The van der Waals surface area contributed by atoms with E-state index in [1.165, 1.54) is 22.4 Å². The lowest BCUT2D eigenvalue weighted by atomic mass is 9.99. The van der Waals surface area contributed by atoms with Crippen LogP contribution >= 0.6 is 0 Å². The molecule has 188 valence electrons. The molecule has 3 N–H and O–H groups in total. The number of nitrogens with zero attached hydrogens (tertiary/aromatic N) is 4. The van der Waals surface area contributed by atoms with Crippen molar-refractivity contribution in [2.45, 2.75) is 13.8 Å². The van der Waals surface area contributed by atoms with Gasteiger partial charge in [-0.2, -0.15) is 0 Å². The van der Waals surface area contributed by atoms with E-state index in [9.17, 15) is 0 Å². The Bertz CT molecular complexity index is 1370. The van der Waals surface area contributed by atoms with Crippen molar-refractivity contribution in [1.29, 1.82) is 0 Å². The number of aryl methyl sites for hydroxylation is 2. The van der Waals surface area contributed by atoms with Crippen LogP contribution in [0.1, 0.15) is 11.1 Å². The fraction of sp³-hybridized carbons (Fsp3) is 0.259. The molecule has 0 saturated carbocycles. The van der Waals surface area contributed by atoms with Gasteiger partial charge < -0.3 is 19.7 Å². The first-order valence-corrected chi connectivity index (χ1v) is 12.9. The van der Waals surface area contributed by atoms with Crippen LogP contribution in [0.15, 0.2) is 66.9 Å². The van der Waals surface area contributed by atoms with Gasteiger partial charge in [-0.05, 0) is 55.8 Å². The molecule has 1 saturated heterocycles. The fourth-order valence-electron chi connectivity index (χ4n) is 4.23. The Morgan fingerprint density at radius 3 is 2.42 bits per heavy atom. The van der Waals surface area contributed by atoms with Crippen molar-refractivity contribution in [3.05, 3.63) is 78.0 Å². The SMILES string of the molecule is Cc1ccc(-c2cccc3cnc(Nc4cccc(N5CCN(C)CC5)c4)nc23)cc1C.NS(=O)[O-]. The second kappa shape index (κ2) is 11.6. The number of fused-ring (bicyclic) bond motifs is 1. The summed E-state index contributed by atoms with van der Waals surface area (Å²) in [5.74, 6) is 0.615. The molecule has 0 amide bonds. The van der Waals surface area contributed by atoms with Gasteiger partial charge in [0.15, 0.2) is 0 Å². The minimum Gasteiger partial charge on any atom is -0.760 e. The standard InChI is InChI=1S/C27H29N5.H3NO2S/c1-19-10-11-21(16-20(19)2)25-9-4-6-22-18-28-27(30-26(22)25)29-23-7-5-8-24(17-23)32-14-12-31(3)13-15-32;1-4(2)3/h4-11,16-18H,12-15H2,1-3H3,(H,28,29,30);1H2,(H,2,3)/p-1. The van der Waals surface area contributed by atoms with Crippen LogP contribution in [0.4, 0.5) is 17.3 Å². The van der Waals surface area contributed by atoms with Crippen LogP contribution in [0.5, 0.6) is 0 Å². The molecule has 1 aromatic heterocycles. The third kappa shape index (κ3) is 6.44. The molecule has 1 atom stereocenters. The van der Waals surface area contributed by atoms with Gasteiger partial charge in [-0.15, -0.1) is 0 Å². The Kier molecular flexibility index (Phi) is 8.27. The highest BCUT2D eigenvalue weighted by molar-refractivity contribution is 7.76. The Balaban J connectivity index is 0.000000709. The first-order valence-electron chi connectivity index (χ1n) is 11.8. The lowest BCUT2D eigenvalue weighted by molar-refractivity contribution is 0.313. The number of para-hydroxylation sites is 1. The van der Waals surface area contributed by atoms with Crippen molar-refractivity contribution in [2.24, 2.45) is 5.14 Å². The van der Waals surface area contributed by atoms with Gasteiger partial charge in [0.05, 0.1) is 5.52 Å². The monoisotopic (exact) mass is 503 g/mol. The summed E-state index contributed by atoms with van der Waals surface area (Å²) in [6.45, 7) is 8.57. The summed E-state index contributed by atoms with van der Waals surface area (Å²) in [5, 5.41) is 8.49. The van der Waals surface area contributed by atoms with E-state index in [2.05, 4.69) is 107 Å². The number of aromatic nitrogens is 2. The topological polar surface area (TPSA) is 110 Å². The number of hydrogen-bond acceptors (Lipinski definition) is 7.